The van der Waals surface area contributed by atoms with Crippen molar-refractivity contribution in [3.63, 3.8) is 0 Å². The molecule has 0 saturated heterocycles. The zero-order valence-corrected chi connectivity index (χ0v) is 20.0. The van der Waals surface area contributed by atoms with Gasteiger partial charge in [-0.1, -0.05) is 30.7 Å². The van der Waals surface area contributed by atoms with Gasteiger partial charge in [-0.05, 0) is 52.0 Å². The fourth-order valence-corrected chi connectivity index (χ4v) is 6.84. The molecule has 1 saturated carbocycles. The molecule has 1 fully saturated rings. The van der Waals surface area contributed by atoms with Crippen LogP contribution in [0.15, 0.2) is 24.3 Å². The van der Waals surface area contributed by atoms with Crippen LogP contribution < -0.4 is 17.6 Å². The third kappa shape index (κ3) is 6.28. The van der Waals surface area contributed by atoms with E-state index in [1.165, 1.54) is 37.7 Å². The number of hydrogen-bond donors (Lipinski definition) is 0. The lowest BCUT2D eigenvalue weighted by Gasteiger charge is -2.28. The number of rotatable bonds is 10. The first kappa shape index (κ1) is 24.3. The van der Waals surface area contributed by atoms with Gasteiger partial charge in [0.25, 0.3) is 0 Å². The van der Waals surface area contributed by atoms with Crippen molar-refractivity contribution in [3.05, 3.63) is 29.8 Å². The molecule has 29 heavy (non-hydrogen) atoms. The van der Waals surface area contributed by atoms with E-state index >= 15 is 0 Å². The van der Waals surface area contributed by atoms with Crippen LogP contribution in [0.25, 0.3) is 0 Å². The van der Waals surface area contributed by atoms with E-state index in [9.17, 15) is 0 Å². The normalized spacial score (nSPS) is 17.9. The van der Waals surface area contributed by atoms with Crippen LogP contribution >= 0.6 is 0 Å². The Kier molecular flexibility index (Phi) is 10.1. The second-order valence-electron chi connectivity index (χ2n) is 7.67. The summed E-state index contributed by atoms with van der Waals surface area (Å²) in [6, 6.07) is 9.43. The second-order valence-corrected chi connectivity index (χ2v) is 10.2. The standard InChI is InChI=1S/C22H37N2O3Si.ClH/c1-4-25-28(26-5-2,27-6-3)22-14-12-20(13-15-22)18-23-16-17-24(19-23)21-10-8-7-9-11-21;/h12-15,19,21H,4-11,16-18H2,1-3H3;1H/q+1;/p-1. The number of nitrogens with zero attached hydrogens (tertiary/aromatic N) is 2. The molecule has 0 aromatic heterocycles. The highest BCUT2D eigenvalue weighted by Gasteiger charge is 2.43. The largest absolute Gasteiger partial charge is 1.00 e. The van der Waals surface area contributed by atoms with Crippen LogP contribution in [0.5, 0.6) is 0 Å². The summed E-state index contributed by atoms with van der Waals surface area (Å²) in [6.07, 6.45) is 9.28. The van der Waals surface area contributed by atoms with Gasteiger partial charge in [0.2, 0.25) is 6.34 Å². The predicted molar refractivity (Wildman–Crippen MR) is 115 cm³/mol. The van der Waals surface area contributed by atoms with E-state index in [4.69, 9.17) is 13.3 Å². The second kappa shape index (κ2) is 12.1. The lowest BCUT2D eigenvalue weighted by Crippen LogP contribution is -3.00. The molecule has 1 heterocycles. The molecule has 7 heteroatoms. The van der Waals surface area contributed by atoms with Gasteiger partial charge in [0.05, 0.1) is 6.04 Å². The maximum atomic E-state index is 6.02. The molecule has 1 aliphatic carbocycles. The Morgan fingerprint density at radius 1 is 0.931 bits per heavy atom. The van der Waals surface area contributed by atoms with Crippen molar-refractivity contribution in [2.45, 2.75) is 65.5 Å². The lowest BCUT2D eigenvalue weighted by molar-refractivity contribution is -0.557. The van der Waals surface area contributed by atoms with Crippen molar-refractivity contribution in [2.24, 2.45) is 0 Å². The van der Waals surface area contributed by atoms with Gasteiger partial charge in [0.1, 0.15) is 19.6 Å². The zero-order valence-electron chi connectivity index (χ0n) is 18.2. The maximum Gasteiger partial charge on any atom is 0.537 e. The van der Waals surface area contributed by atoms with Crippen LogP contribution in [0.4, 0.5) is 0 Å². The number of hydrogen-bond acceptors (Lipinski definition) is 4. The first-order valence-corrected chi connectivity index (χ1v) is 12.8. The third-order valence-electron chi connectivity index (χ3n) is 5.70. The van der Waals surface area contributed by atoms with E-state index in [-0.39, 0.29) is 12.4 Å². The third-order valence-corrected chi connectivity index (χ3v) is 8.74. The Labute approximate surface area is 183 Å². The van der Waals surface area contributed by atoms with E-state index in [2.05, 4.69) is 40.1 Å². The molecule has 0 unspecified atom stereocenters. The summed E-state index contributed by atoms with van der Waals surface area (Å²) in [5.41, 5.74) is 1.32. The molecular formula is C22H37ClN2O3Si. The van der Waals surface area contributed by atoms with Crippen molar-refractivity contribution in [3.8, 4) is 0 Å². The molecule has 1 aromatic rings. The first-order chi connectivity index (χ1) is 13.7. The number of halogens is 1. The predicted octanol–water partition coefficient (Wildman–Crippen LogP) is 0.135. The molecular weight excluding hydrogens is 404 g/mol. The van der Waals surface area contributed by atoms with Gasteiger partial charge >= 0.3 is 8.80 Å². The average molecular weight is 441 g/mol. The van der Waals surface area contributed by atoms with Crippen LogP contribution in [0.2, 0.25) is 0 Å². The molecule has 3 rings (SSSR count). The summed E-state index contributed by atoms with van der Waals surface area (Å²) >= 11 is 0. The molecule has 1 aliphatic heterocycles. The van der Waals surface area contributed by atoms with Crippen molar-refractivity contribution < 1.29 is 30.3 Å². The van der Waals surface area contributed by atoms with Gasteiger partial charge in [-0.25, -0.2) is 0 Å². The topological polar surface area (TPSA) is 33.9 Å². The maximum absolute atomic E-state index is 6.02. The van der Waals surface area contributed by atoms with Crippen LogP contribution in [0.1, 0.15) is 58.4 Å². The van der Waals surface area contributed by atoms with Crippen molar-refractivity contribution in [1.82, 2.24) is 4.90 Å². The summed E-state index contributed by atoms with van der Waals surface area (Å²) in [7, 11) is -2.80. The minimum atomic E-state index is -2.80. The monoisotopic (exact) mass is 440 g/mol. The zero-order chi connectivity index (χ0) is 19.8. The fourth-order valence-electron chi connectivity index (χ4n) is 4.37. The minimum absolute atomic E-state index is 0. The first-order valence-electron chi connectivity index (χ1n) is 11.1. The Balaban J connectivity index is 0.00000300. The summed E-state index contributed by atoms with van der Waals surface area (Å²) in [4.78, 5) is 2.45. The molecule has 0 spiro atoms. The minimum Gasteiger partial charge on any atom is -1.00 e. The van der Waals surface area contributed by atoms with E-state index in [0.29, 0.717) is 19.8 Å². The van der Waals surface area contributed by atoms with Crippen molar-refractivity contribution >= 4 is 20.3 Å². The quantitative estimate of drug-likeness (QED) is 0.382. The van der Waals surface area contributed by atoms with Crippen molar-refractivity contribution in [1.29, 1.82) is 0 Å². The molecule has 0 atom stereocenters. The smallest absolute Gasteiger partial charge is 0.537 e. The summed E-state index contributed by atoms with van der Waals surface area (Å²) < 4.78 is 20.6. The Hall–Kier alpha value is -0.923. The fraction of sp³-hybridized carbons (Fsp3) is 0.682. The molecule has 0 N–H and O–H groups in total. The Morgan fingerprint density at radius 3 is 2.07 bits per heavy atom. The van der Waals surface area contributed by atoms with Gasteiger partial charge < -0.3 is 25.7 Å². The lowest BCUT2D eigenvalue weighted by atomic mass is 9.95. The summed E-state index contributed by atoms with van der Waals surface area (Å²) in [5, 5.41) is 1.05. The molecule has 5 nitrogen and oxygen atoms in total. The van der Waals surface area contributed by atoms with Gasteiger partial charge in [0, 0.05) is 25.0 Å². The van der Waals surface area contributed by atoms with Gasteiger partial charge in [-0.2, -0.15) is 0 Å². The SMILES string of the molecule is CCO[Si](OCC)(OCC)c1ccc(CN2C=[N+](C3CCCCC3)CC2)cc1.[Cl-]. The molecule has 0 radical (unpaired) electrons. The van der Waals surface area contributed by atoms with E-state index in [1.807, 2.05) is 20.8 Å². The van der Waals surface area contributed by atoms with E-state index < -0.39 is 8.80 Å². The van der Waals surface area contributed by atoms with Crippen LogP contribution in [-0.2, 0) is 19.8 Å². The summed E-state index contributed by atoms with van der Waals surface area (Å²) in [6.45, 7) is 11.0. The molecule has 1 aromatic carbocycles. The Bertz CT molecular complexity index is 618. The Morgan fingerprint density at radius 2 is 1.52 bits per heavy atom. The molecule has 2 aliphatic rings. The van der Waals surface area contributed by atoms with Crippen LogP contribution in [0.3, 0.4) is 0 Å². The average Bonchev–Trinajstić information content (AvgIpc) is 3.18. The highest BCUT2D eigenvalue weighted by Crippen LogP contribution is 2.21. The van der Waals surface area contributed by atoms with Crippen LogP contribution in [0, 0.1) is 0 Å². The van der Waals surface area contributed by atoms with E-state index in [0.717, 1.165) is 30.9 Å². The molecule has 0 amide bonds. The van der Waals surface area contributed by atoms with Gasteiger partial charge in [0.15, 0.2) is 0 Å². The highest BCUT2D eigenvalue weighted by molar-refractivity contribution is 6.75. The van der Waals surface area contributed by atoms with Gasteiger partial charge in [-0.3, -0.25) is 9.48 Å². The molecule has 164 valence electrons. The highest BCUT2D eigenvalue weighted by atomic mass is 35.5. The number of benzene rings is 1. The summed E-state index contributed by atoms with van der Waals surface area (Å²) in [5.74, 6) is 0. The van der Waals surface area contributed by atoms with Gasteiger partial charge in [-0.15, -0.1) is 0 Å². The molecule has 0 bridgehead atoms. The van der Waals surface area contributed by atoms with E-state index in [1.54, 1.807) is 0 Å². The van der Waals surface area contributed by atoms with Crippen LogP contribution in [-0.4, -0.2) is 63.6 Å². The van der Waals surface area contributed by atoms with Crippen molar-refractivity contribution in [2.75, 3.05) is 32.9 Å².